The number of carbonyl (C=O) groups is 1. The van der Waals surface area contributed by atoms with E-state index in [1.54, 1.807) is 0 Å². The molecule has 1 heterocycles. The van der Waals surface area contributed by atoms with E-state index in [0.29, 0.717) is 0 Å². The molecule has 0 aliphatic rings. The van der Waals surface area contributed by atoms with Crippen molar-refractivity contribution in [1.82, 2.24) is 4.98 Å². The van der Waals surface area contributed by atoms with Crippen molar-refractivity contribution >= 4 is 5.97 Å². The standard InChI is InChI=1S/C14H10F3NO4/c1-22-11-3-2-8(14(15,16)17)5-9(11)10-4-7(13(20)21)6-18-12(10)19/h2-6H,1H3,(H,18,19)(H,20,21). The molecule has 5 nitrogen and oxygen atoms in total. The van der Waals surface area contributed by atoms with E-state index in [1.165, 1.54) is 7.11 Å². The van der Waals surface area contributed by atoms with Gasteiger partial charge in [0.25, 0.3) is 5.56 Å². The third kappa shape index (κ3) is 2.95. The van der Waals surface area contributed by atoms with Gasteiger partial charge in [-0.05, 0) is 24.3 Å². The second kappa shape index (κ2) is 5.55. The van der Waals surface area contributed by atoms with E-state index in [1.807, 2.05) is 0 Å². The second-order valence-corrected chi connectivity index (χ2v) is 4.35. The van der Waals surface area contributed by atoms with Crippen LogP contribution in [0.4, 0.5) is 13.2 Å². The lowest BCUT2D eigenvalue weighted by atomic mass is 10.0. The Kier molecular flexibility index (Phi) is 3.94. The number of halogens is 3. The first-order valence-electron chi connectivity index (χ1n) is 5.95. The summed E-state index contributed by atoms with van der Waals surface area (Å²) in [5.74, 6) is -1.29. The first kappa shape index (κ1) is 15.6. The molecule has 0 aliphatic carbocycles. The molecule has 2 aromatic rings. The molecular weight excluding hydrogens is 303 g/mol. The summed E-state index contributed by atoms with van der Waals surface area (Å²) in [5, 5.41) is 8.92. The van der Waals surface area contributed by atoms with Gasteiger partial charge in [0.1, 0.15) is 5.75 Å². The van der Waals surface area contributed by atoms with Crippen LogP contribution in [-0.4, -0.2) is 23.2 Å². The van der Waals surface area contributed by atoms with Crippen molar-refractivity contribution in [3.8, 4) is 16.9 Å². The van der Waals surface area contributed by atoms with Gasteiger partial charge in [-0.25, -0.2) is 4.79 Å². The zero-order valence-corrected chi connectivity index (χ0v) is 11.2. The zero-order valence-electron chi connectivity index (χ0n) is 11.2. The fourth-order valence-electron chi connectivity index (χ4n) is 1.90. The van der Waals surface area contributed by atoms with Gasteiger partial charge in [0, 0.05) is 11.8 Å². The van der Waals surface area contributed by atoms with Gasteiger partial charge in [0.2, 0.25) is 0 Å². The van der Waals surface area contributed by atoms with Gasteiger partial charge in [-0.2, -0.15) is 13.2 Å². The SMILES string of the molecule is COc1ccc(C(F)(F)F)cc1-c1cc(C(=O)O)c[nH]c1=O. The number of carboxylic acid groups (broad SMARTS) is 1. The minimum atomic E-state index is -4.60. The van der Waals surface area contributed by atoms with Crippen LogP contribution in [0.5, 0.6) is 5.75 Å². The molecule has 0 saturated carbocycles. The number of rotatable bonds is 3. The van der Waals surface area contributed by atoms with E-state index in [-0.39, 0.29) is 22.4 Å². The van der Waals surface area contributed by atoms with Gasteiger partial charge in [0.05, 0.1) is 23.8 Å². The van der Waals surface area contributed by atoms with Crippen molar-refractivity contribution in [2.45, 2.75) is 6.18 Å². The van der Waals surface area contributed by atoms with Gasteiger partial charge in [-0.3, -0.25) is 4.79 Å². The van der Waals surface area contributed by atoms with Crippen LogP contribution in [0, 0.1) is 0 Å². The van der Waals surface area contributed by atoms with E-state index in [2.05, 4.69) is 4.98 Å². The molecule has 0 aliphatic heterocycles. The lowest BCUT2D eigenvalue weighted by Gasteiger charge is -2.12. The quantitative estimate of drug-likeness (QED) is 0.913. The predicted molar refractivity (Wildman–Crippen MR) is 71.0 cm³/mol. The van der Waals surface area contributed by atoms with Crippen LogP contribution in [0.15, 0.2) is 35.3 Å². The average Bonchev–Trinajstić information content (AvgIpc) is 2.46. The summed E-state index contributed by atoms with van der Waals surface area (Å²) >= 11 is 0. The summed E-state index contributed by atoms with van der Waals surface area (Å²) < 4.78 is 43.4. The third-order valence-corrected chi connectivity index (χ3v) is 2.97. The molecule has 1 aromatic heterocycles. The smallest absolute Gasteiger partial charge is 0.416 e. The maximum absolute atomic E-state index is 12.8. The number of alkyl halides is 3. The molecule has 8 heteroatoms. The normalized spacial score (nSPS) is 11.3. The Bertz CT molecular complexity index is 780. The number of benzene rings is 1. The number of aromatic amines is 1. The maximum atomic E-state index is 12.8. The highest BCUT2D eigenvalue weighted by Gasteiger charge is 2.31. The second-order valence-electron chi connectivity index (χ2n) is 4.35. The van der Waals surface area contributed by atoms with Gasteiger partial charge in [-0.15, -0.1) is 0 Å². The number of aromatic carboxylic acids is 1. The third-order valence-electron chi connectivity index (χ3n) is 2.97. The van der Waals surface area contributed by atoms with Crippen LogP contribution < -0.4 is 10.3 Å². The number of aromatic nitrogens is 1. The van der Waals surface area contributed by atoms with Crippen LogP contribution in [0.25, 0.3) is 11.1 Å². The fourth-order valence-corrected chi connectivity index (χ4v) is 1.90. The summed E-state index contributed by atoms with van der Waals surface area (Å²) in [6.07, 6.45) is -3.63. The van der Waals surface area contributed by atoms with Crippen LogP contribution in [0.2, 0.25) is 0 Å². The van der Waals surface area contributed by atoms with Gasteiger partial charge in [-0.1, -0.05) is 0 Å². The number of ether oxygens (including phenoxy) is 1. The van der Waals surface area contributed by atoms with Crippen molar-refractivity contribution < 1.29 is 27.8 Å². The number of methoxy groups -OCH3 is 1. The average molecular weight is 313 g/mol. The van der Waals surface area contributed by atoms with Crippen LogP contribution in [-0.2, 0) is 6.18 Å². The Hall–Kier alpha value is -2.77. The summed E-state index contributed by atoms with van der Waals surface area (Å²) in [5.41, 5.74) is -2.30. The van der Waals surface area contributed by atoms with Gasteiger partial charge < -0.3 is 14.8 Å². The molecule has 0 fully saturated rings. The number of hydrogen-bond donors (Lipinski definition) is 2. The molecule has 0 spiro atoms. The number of pyridine rings is 1. The molecule has 0 unspecified atom stereocenters. The molecule has 1 aromatic carbocycles. The molecule has 0 bridgehead atoms. The maximum Gasteiger partial charge on any atom is 0.416 e. The number of hydrogen-bond acceptors (Lipinski definition) is 3. The van der Waals surface area contributed by atoms with Crippen LogP contribution in [0.3, 0.4) is 0 Å². The van der Waals surface area contributed by atoms with Gasteiger partial charge in [0.15, 0.2) is 0 Å². The first-order chi connectivity index (χ1) is 10.2. The summed E-state index contributed by atoms with van der Waals surface area (Å²) in [6, 6.07) is 3.64. The van der Waals surface area contributed by atoms with E-state index in [4.69, 9.17) is 9.84 Å². The largest absolute Gasteiger partial charge is 0.496 e. The Morgan fingerprint density at radius 1 is 1.23 bits per heavy atom. The molecule has 0 atom stereocenters. The topological polar surface area (TPSA) is 79.4 Å². The number of H-pyrrole nitrogens is 1. The molecule has 2 rings (SSSR count). The zero-order chi connectivity index (χ0) is 16.5. The number of nitrogens with one attached hydrogen (secondary N) is 1. The minimum absolute atomic E-state index is 0.0287. The van der Waals surface area contributed by atoms with Crippen LogP contribution in [0.1, 0.15) is 15.9 Å². The van der Waals surface area contributed by atoms with Crippen molar-refractivity contribution in [3.63, 3.8) is 0 Å². The van der Waals surface area contributed by atoms with Crippen LogP contribution >= 0.6 is 0 Å². The highest BCUT2D eigenvalue weighted by molar-refractivity contribution is 5.89. The molecule has 2 N–H and O–H groups in total. The first-order valence-corrected chi connectivity index (χ1v) is 5.95. The van der Waals surface area contributed by atoms with Crippen molar-refractivity contribution in [2.75, 3.05) is 7.11 Å². The predicted octanol–water partition coefficient (Wildman–Crippen LogP) is 2.77. The fraction of sp³-hybridized carbons (Fsp3) is 0.143. The Balaban J connectivity index is 2.72. The summed E-state index contributed by atoms with van der Waals surface area (Å²) in [4.78, 5) is 25.0. The number of carboxylic acids is 1. The van der Waals surface area contributed by atoms with Crippen molar-refractivity contribution in [2.24, 2.45) is 0 Å². The Morgan fingerprint density at radius 2 is 1.91 bits per heavy atom. The minimum Gasteiger partial charge on any atom is -0.496 e. The highest BCUT2D eigenvalue weighted by atomic mass is 19.4. The van der Waals surface area contributed by atoms with E-state index in [0.717, 1.165) is 30.5 Å². The molecule has 22 heavy (non-hydrogen) atoms. The Labute approximate surface area is 122 Å². The lowest BCUT2D eigenvalue weighted by molar-refractivity contribution is -0.137. The monoisotopic (exact) mass is 313 g/mol. The Morgan fingerprint density at radius 3 is 2.45 bits per heavy atom. The lowest BCUT2D eigenvalue weighted by Crippen LogP contribution is -2.13. The molecular formula is C14H10F3NO4. The summed E-state index contributed by atoms with van der Waals surface area (Å²) in [7, 11) is 1.24. The van der Waals surface area contributed by atoms with Gasteiger partial charge >= 0.3 is 12.1 Å². The van der Waals surface area contributed by atoms with Crippen molar-refractivity contribution in [1.29, 1.82) is 0 Å². The van der Waals surface area contributed by atoms with E-state index in [9.17, 15) is 22.8 Å². The van der Waals surface area contributed by atoms with Crippen molar-refractivity contribution in [3.05, 3.63) is 51.9 Å². The molecule has 0 radical (unpaired) electrons. The molecule has 0 saturated heterocycles. The molecule has 0 amide bonds. The summed E-state index contributed by atoms with van der Waals surface area (Å²) in [6.45, 7) is 0. The molecule has 116 valence electrons. The highest BCUT2D eigenvalue weighted by Crippen LogP contribution is 2.36. The van der Waals surface area contributed by atoms with E-state index < -0.39 is 23.3 Å². The van der Waals surface area contributed by atoms with E-state index >= 15 is 0 Å².